The molecule has 0 aromatic carbocycles. The summed E-state index contributed by atoms with van der Waals surface area (Å²) < 4.78 is 6.88. The van der Waals surface area contributed by atoms with E-state index in [0.717, 1.165) is 4.48 Å². The highest BCUT2D eigenvalue weighted by Gasteiger charge is 2.39. The Bertz CT molecular complexity index is 130. The van der Waals surface area contributed by atoms with Crippen molar-refractivity contribution in [2.24, 2.45) is 0 Å². The first kappa shape index (κ1) is 6.62. The maximum Gasteiger partial charge on any atom is 0.107 e. The highest BCUT2D eigenvalue weighted by Crippen LogP contribution is 2.28. The lowest BCUT2D eigenvalue weighted by molar-refractivity contribution is -0.903. The molecule has 2 saturated heterocycles. The van der Waals surface area contributed by atoms with E-state index in [4.69, 9.17) is 4.74 Å². The minimum atomic E-state index is 0.578. The lowest BCUT2D eigenvalue weighted by Gasteiger charge is -2.37. The van der Waals surface area contributed by atoms with E-state index in [2.05, 4.69) is 14.1 Å². The quantitative estimate of drug-likeness (QED) is 0.451. The summed E-state index contributed by atoms with van der Waals surface area (Å²) in [6, 6.07) is 0. The maximum atomic E-state index is 5.72. The second kappa shape index (κ2) is 1.95. The first-order valence-corrected chi connectivity index (χ1v) is 4.13. The van der Waals surface area contributed by atoms with Crippen molar-refractivity contribution < 1.29 is 9.22 Å². The number of hydrogen-bond acceptors (Lipinski definition) is 1. The zero-order chi connectivity index (χ0) is 7.19. The van der Waals surface area contributed by atoms with E-state index in [0.29, 0.717) is 12.2 Å². The van der Waals surface area contributed by atoms with Gasteiger partial charge < -0.3 is 9.22 Å². The van der Waals surface area contributed by atoms with Gasteiger partial charge in [0.15, 0.2) is 0 Å². The van der Waals surface area contributed by atoms with Crippen LogP contribution in [0.2, 0.25) is 0 Å². The van der Waals surface area contributed by atoms with Gasteiger partial charge in [-0.15, -0.1) is 0 Å². The van der Waals surface area contributed by atoms with E-state index in [1.165, 1.54) is 25.9 Å². The highest BCUT2D eigenvalue weighted by atomic mass is 16.5. The van der Waals surface area contributed by atoms with Crippen LogP contribution in [0.25, 0.3) is 0 Å². The number of quaternary nitrogens is 1. The summed E-state index contributed by atoms with van der Waals surface area (Å²) >= 11 is 0. The van der Waals surface area contributed by atoms with Crippen LogP contribution < -0.4 is 0 Å². The standard InChI is InChI=1S/C8H16NO/c1-9(2)5-7-3-4-8(6-9)10-7/h7-8H,3-6H2,1-2H3/q+1. The molecule has 2 unspecified atom stereocenters. The molecule has 2 heteroatoms. The van der Waals surface area contributed by atoms with E-state index < -0.39 is 0 Å². The fraction of sp³-hybridized carbons (Fsp3) is 1.00. The summed E-state index contributed by atoms with van der Waals surface area (Å²) in [7, 11) is 4.60. The largest absolute Gasteiger partial charge is 0.363 e. The molecule has 0 spiro atoms. The molecular weight excluding hydrogens is 126 g/mol. The molecule has 0 N–H and O–H groups in total. The van der Waals surface area contributed by atoms with Gasteiger partial charge in [-0.1, -0.05) is 0 Å². The number of hydrogen-bond donors (Lipinski definition) is 0. The average molecular weight is 142 g/mol. The third-order valence-electron chi connectivity index (χ3n) is 2.59. The van der Waals surface area contributed by atoms with Crippen molar-refractivity contribution in [3.05, 3.63) is 0 Å². The van der Waals surface area contributed by atoms with E-state index in [9.17, 15) is 0 Å². The van der Waals surface area contributed by atoms with Gasteiger partial charge in [-0.25, -0.2) is 0 Å². The van der Waals surface area contributed by atoms with Gasteiger partial charge in [-0.2, -0.15) is 0 Å². The summed E-state index contributed by atoms with van der Waals surface area (Å²) in [4.78, 5) is 0. The Labute approximate surface area is 62.4 Å². The Morgan fingerprint density at radius 3 is 2.10 bits per heavy atom. The minimum absolute atomic E-state index is 0.578. The molecule has 0 aliphatic carbocycles. The van der Waals surface area contributed by atoms with Crippen molar-refractivity contribution in [2.75, 3.05) is 27.2 Å². The van der Waals surface area contributed by atoms with Crippen molar-refractivity contribution >= 4 is 0 Å². The first-order valence-electron chi connectivity index (χ1n) is 4.13. The van der Waals surface area contributed by atoms with Gasteiger partial charge in [0.1, 0.15) is 25.3 Å². The van der Waals surface area contributed by atoms with Crippen LogP contribution >= 0.6 is 0 Å². The van der Waals surface area contributed by atoms with Crippen LogP contribution in [-0.4, -0.2) is 43.9 Å². The third kappa shape index (κ3) is 1.06. The van der Waals surface area contributed by atoms with E-state index in [1.54, 1.807) is 0 Å². The monoisotopic (exact) mass is 142 g/mol. The number of nitrogens with zero attached hydrogens (tertiary/aromatic N) is 1. The van der Waals surface area contributed by atoms with Crippen LogP contribution in [0, 0.1) is 0 Å². The Kier molecular flexibility index (Phi) is 1.29. The average Bonchev–Trinajstić information content (AvgIpc) is 2.08. The smallest absolute Gasteiger partial charge is 0.107 e. The van der Waals surface area contributed by atoms with Crippen molar-refractivity contribution in [1.82, 2.24) is 0 Å². The molecule has 2 atom stereocenters. The van der Waals surface area contributed by atoms with Gasteiger partial charge in [-0.05, 0) is 12.8 Å². The van der Waals surface area contributed by atoms with Crippen molar-refractivity contribution in [2.45, 2.75) is 25.0 Å². The van der Waals surface area contributed by atoms with Crippen molar-refractivity contribution in [3.8, 4) is 0 Å². The van der Waals surface area contributed by atoms with Crippen LogP contribution in [0.3, 0.4) is 0 Å². The third-order valence-corrected chi connectivity index (χ3v) is 2.59. The molecule has 2 aliphatic heterocycles. The number of morpholine rings is 1. The lowest BCUT2D eigenvalue weighted by atomic mass is 10.2. The van der Waals surface area contributed by atoms with Gasteiger partial charge in [0.05, 0.1) is 14.1 Å². The molecule has 2 fully saturated rings. The minimum Gasteiger partial charge on any atom is -0.363 e. The Morgan fingerprint density at radius 2 is 1.60 bits per heavy atom. The van der Waals surface area contributed by atoms with Crippen molar-refractivity contribution in [3.63, 3.8) is 0 Å². The maximum absolute atomic E-state index is 5.72. The molecule has 0 saturated carbocycles. The molecule has 0 radical (unpaired) electrons. The van der Waals surface area contributed by atoms with Gasteiger partial charge >= 0.3 is 0 Å². The van der Waals surface area contributed by atoms with Crippen LogP contribution in [-0.2, 0) is 4.74 Å². The van der Waals surface area contributed by atoms with Gasteiger partial charge in [0.25, 0.3) is 0 Å². The van der Waals surface area contributed by atoms with E-state index in [1.807, 2.05) is 0 Å². The highest BCUT2D eigenvalue weighted by molar-refractivity contribution is 4.77. The normalized spacial score (nSPS) is 43.8. The zero-order valence-corrected chi connectivity index (χ0v) is 6.84. The second-order valence-corrected chi connectivity index (χ2v) is 4.26. The number of rotatable bonds is 0. The number of fused-ring (bicyclic) bond motifs is 2. The molecule has 2 aliphatic rings. The lowest BCUT2D eigenvalue weighted by Crippen LogP contribution is -2.52. The summed E-state index contributed by atoms with van der Waals surface area (Å²) in [5.41, 5.74) is 0. The Hall–Kier alpha value is -0.0800. The molecule has 2 rings (SSSR count). The molecular formula is C8H16NO+. The van der Waals surface area contributed by atoms with Crippen molar-refractivity contribution in [1.29, 1.82) is 0 Å². The number of likely N-dealkylation sites (tertiary alicyclic amines) is 1. The van der Waals surface area contributed by atoms with Crippen LogP contribution in [0.1, 0.15) is 12.8 Å². The molecule has 2 heterocycles. The van der Waals surface area contributed by atoms with E-state index >= 15 is 0 Å². The molecule has 2 nitrogen and oxygen atoms in total. The summed E-state index contributed by atoms with van der Waals surface area (Å²) in [5, 5.41) is 0. The second-order valence-electron chi connectivity index (χ2n) is 4.26. The molecule has 0 aromatic heterocycles. The molecule has 0 aromatic rings. The fourth-order valence-corrected chi connectivity index (χ4v) is 2.23. The molecule has 58 valence electrons. The Balaban J connectivity index is 2.09. The van der Waals surface area contributed by atoms with Gasteiger partial charge in [-0.3, -0.25) is 0 Å². The summed E-state index contributed by atoms with van der Waals surface area (Å²) in [6.45, 7) is 2.44. The SMILES string of the molecule is C[N+]1(C)CC2CCC(C1)O2. The topological polar surface area (TPSA) is 9.23 Å². The predicted octanol–water partition coefficient (Wildman–Crippen LogP) is 0.624. The van der Waals surface area contributed by atoms with Crippen LogP contribution in [0.15, 0.2) is 0 Å². The summed E-state index contributed by atoms with van der Waals surface area (Å²) in [6.07, 6.45) is 3.75. The molecule has 10 heavy (non-hydrogen) atoms. The van der Waals surface area contributed by atoms with Crippen LogP contribution in [0.5, 0.6) is 0 Å². The zero-order valence-electron chi connectivity index (χ0n) is 6.84. The number of likely N-dealkylation sites (N-methyl/N-ethyl adjacent to an activating group) is 1. The van der Waals surface area contributed by atoms with Gasteiger partial charge in [0.2, 0.25) is 0 Å². The molecule has 2 bridgehead atoms. The Morgan fingerprint density at radius 1 is 1.10 bits per heavy atom. The van der Waals surface area contributed by atoms with Gasteiger partial charge in [0, 0.05) is 0 Å². The first-order chi connectivity index (χ1) is 4.66. The molecule has 0 amide bonds. The van der Waals surface area contributed by atoms with Crippen LogP contribution in [0.4, 0.5) is 0 Å². The fourth-order valence-electron chi connectivity index (χ4n) is 2.23. The number of ether oxygens (including phenoxy) is 1. The predicted molar refractivity (Wildman–Crippen MR) is 39.7 cm³/mol. The van der Waals surface area contributed by atoms with E-state index in [-0.39, 0.29) is 0 Å². The summed E-state index contributed by atoms with van der Waals surface area (Å²) in [5.74, 6) is 0.